The van der Waals surface area contributed by atoms with Gasteiger partial charge in [-0.05, 0) is 48.4 Å². The number of rotatable bonds is 5. The van der Waals surface area contributed by atoms with Gasteiger partial charge in [-0.2, -0.15) is 0 Å². The second kappa shape index (κ2) is 6.37. The summed E-state index contributed by atoms with van der Waals surface area (Å²) in [7, 11) is -3.68. The highest BCUT2D eigenvalue weighted by Crippen LogP contribution is 2.17. The Kier molecular flexibility index (Phi) is 4.77. The SMILES string of the molecule is O=S(=O)(Nc1ccc(CCBr)cc1)c1ccc(F)cc1. The molecule has 0 aliphatic rings. The van der Waals surface area contributed by atoms with Crippen molar-refractivity contribution in [2.75, 3.05) is 10.1 Å². The van der Waals surface area contributed by atoms with Crippen LogP contribution in [0.1, 0.15) is 5.56 Å². The quantitative estimate of drug-likeness (QED) is 0.831. The molecule has 1 N–H and O–H groups in total. The van der Waals surface area contributed by atoms with Crippen molar-refractivity contribution in [1.82, 2.24) is 0 Å². The van der Waals surface area contributed by atoms with Crippen molar-refractivity contribution in [3.05, 3.63) is 59.9 Å². The molecule has 3 nitrogen and oxygen atoms in total. The summed E-state index contributed by atoms with van der Waals surface area (Å²) in [5.74, 6) is -0.469. The number of alkyl halides is 1. The number of hydrogen-bond donors (Lipinski definition) is 1. The third-order valence-electron chi connectivity index (χ3n) is 2.71. The van der Waals surface area contributed by atoms with E-state index < -0.39 is 15.8 Å². The summed E-state index contributed by atoms with van der Waals surface area (Å²) in [5, 5.41) is 0.855. The third kappa shape index (κ3) is 3.80. The average molecular weight is 358 g/mol. The van der Waals surface area contributed by atoms with Crippen LogP contribution in [-0.4, -0.2) is 13.7 Å². The maximum Gasteiger partial charge on any atom is 0.261 e. The van der Waals surface area contributed by atoms with Crippen molar-refractivity contribution in [1.29, 1.82) is 0 Å². The minimum Gasteiger partial charge on any atom is -0.280 e. The van der Waals surface area contributed by atoms with Crippen molar-refractivity contribution < 1.29 is 12.8 Å². The van der Waals surface area contributed by atoms with Crippen LogP contribution in [0.4, 0.5) is 10.1 Å². The number of hydrogen-bond acceptors (Lipinski definition) is 2. The van der Waals surface area contributed by atoms with Crippen molar-refractivity contribution in [3.63, 3.8) is 0 Å². The topological polar surface area (TPSA) is 46.2 Å². The molecule has 0 amide bonds. The minimum absolute atomic E-state index is 0.0310. The first kappa shape index (κ1) is 15.0. The van der Waals surface area contributed by atoms with Gasteiger partial charge in [0.1, 0.15) is 5.82 Å². The van der Waals surface area contributed by atoms with Gasteiger partial charge >= 0.3 is 0 Å². The standard InChI is InChI=1S/C14H13BrFNO2S/c15-10-9-11-1-5-13(6-2-11)17-20(18,19)14-7-3-12(16)4-8-14/h1-8,17H,9-10H2. The molecule has 0 aromatic heterocycles. The smallest absolute Gasteiger partial charge is 0.261 e. The van der Waals surface area contributed by atoms with Gasteiger partial charge in [-0.1, -0.05) is 28.1 Å². The molecule has 20 heavy (non-hydrogen) atoms. The molecule has 0 spiro atoms. The van der Waals surface area contributed by atoms with Crippen LogP contribution in [0.2, 0.25) is 0 Å². The van der Waals surface area contributed by atoms with Gasteiger partial charge in [0.25, 0.3) is 10.0 Å². The Hall–Kier alpha value is -1.40. The van der Waals surface area contributed by atoms with Gasteiger partial charge in [-0.25, -0.2) is 12.8 Å². The molecule has 0 heterocycles. The molecule has 0 radical (unpaired) electrons. The Bertz CT molecular complexity index is 669. The molecule has 2 aromatic carbocycles. The summed E-state index contributed by atoms with van der Waals surface area (Å²) in [5.41, 5.74) is 1.60. The lowest BCUT2D eigenvalue weighted by molar-refractivity contribution is 0.599. The number of aryl methyl sites for hydroxylation is 1. The maximum absolute atomic E-state index is 12.8. The lowest BCUT2D eigenvalue weighted by Gasteiger charge is -2.08. The first-order valence-electron chi connectivity index (χ1n) is 5.94. The third-order valence-corrected chi connectivity index (χ3v) is 4.51. The van der Waals surface area contributed by atoms with Gasteiger partial charge in [0.2, 0.25) is 0 Å². The number of nitrogens with one attached hydrogen (secondary N) is 1. The summed E-state index contributed by atoms with van der Waals surface area (Å²) in [6.07, 6.45) is 0.880. The average Bonchev–Trinajstić information content (AvgIpc) is 2.41. The molecule has 2 rings (SSSR count). The Balaban J connectivity index is 2.17. The lowest BCUT2D eigenvalue weighted by Crippen LogP contribution is -2.12. The van der Waals surface area contributed by atoms with Gasteiger partial charge < -0.3 is 0 Å². The van der Waals surface area contributed by atoms with Crippen LogP contribution in [-0.2, 0) is 16.4 Å². The molecule has 106 valence electrons. The van der Waals surface area contributed by atoms with Gasteiger partial charge in [0.05, 0.1) is 4.90 Å². The van der Waals surface area contributed by atoms with E-state index in [1.807, 2.05) is 12.1 Å². The zero-order valence-corrected chi connectivity index (χ0v) is 12.9. The fraction of sp³-hybridized carbons (Fsp3) is 0.143. The molecule has 6 heteroatoms. The Morgan fingerprint density at radius 3 is 2.15 bits per heavy atom. The van der Waals surface area contributed by atoms with E-state index in [-0.39, 0.29) is 4.90 Å². The van der Waals surface area contributed by atoms with Crippen LogP contribution >= 0.6 is 15.9 Å². The van der Waals surface area contributed by atoms with Crippen molar-refractivity contribution in [2.24, 2.45) is 0 Å². The maximum atomic E-state index is 12.8. The van der Waals surface area contributed by atoms with Crippen molar-refractivity contribution in [2.45, 2.75) is 11.3 Å². The first-order valence-corrected chi connectivity index (χ1v) is 8.55. The molecule has 0 fully saturated rings. The van der Waals surface area contributed by atoms with E-state index in [4.69, 9.17) is 0 Å². The molecule has 0 saturated carbocycles. The van der Waals surface area contributed by atoms with E-state index in [2.05, 4.69) is 20.7 Å². The molecule has 0 aliphatic carbocycles. The summed E-state index contributed by atoms with van der Waals surface area (Å²) in [6.45, 7) is 0. The highest BCUT2D eigenvalue weighted by atomic mass is 79.9. The van der Waals surface area contributed by atoms with Crippen molar-refractivity contribution >= 4 is 31.6 Å². The first-order chi connectivity index (χ1) is 9.51. The van der Waals surface area contributed by atoms with E-state index in [1.165, 1.54) is 12.1 Å². The monoisotopic (exact) mass is 357 g/mol. The predicted molar refractivity (Wildman–Crippen MR) is 81.1 cm³/mol. The fourth-order valence-corrected chi connectivity index (χ4v) is 3.19. The van der Waals surface area contributed by atoms with Gasteiger partial charge in [0.15, 0.2) is 0 Å². The van der Waals surface area contributed by atoms with Crippen LogP contribution in [0.3, 0.4) is 0 Å². The molecule has 0 saturated heterocycles. The Labute approximate surface area is 126 Å². The zero-order valence-electron chi connectivity index (χ0n) is 10.5. The highest BCUT2D eigenvalue weighted by molar-refractivity contribution is 9.09. The molecule has 0 bridgehead atoms. The summed E-state index contributed by atoms with van der Waals surface area (Å²) >= 11 is 3.35. The summed E-state index contributed by atoms with van der Waals surface area (Å²) < 4.78 is 39.4. The molecule has 0 atom stereocenters. The summed E-state index contributed by atoms with van der Waals surface area (Å²) in [4.78, 5) is 0.0310. The number of sulfonamides is 1. The summed E-state index contributed by atoms with van der Waals surface area (Å²) in [6, 6.07) is 11.8. The number of benzene rings is 2. The van der Waals surface area contributed by atoms with Gasteiger partial charge in [-0.15, -0.1) is 0 Å². The molecular formula is C14H13BrFNO2S. The van der Waals surface area contributed by atoms with Crippen LogP contribution in [0.5, 0.6) is 0 Å². The Morgan fingerprint density at radius 1 is 1.00 bits per heavy atom. The van der Waals surface area contributed by atoms with E-state index in [0.717, 1.165) is 29.4 Å². The predicted octanol–water partition coefficient (Wildman–Crippen LogP) is 3.56. The van der Waals surface area contributed by atoms with E-state index in [9.17, 15) is 12.8 Å². The second-order valence-corrected chi connectivity index (χ2v) is 6.67. The second-order valence-electron chi connectivity index (χ2n) is 4.20. The van der Waals surface area contributed by atoms with E-state index in [1.54, 1.807) is 12.1 Å². The number of halogens is 2. The fourth-order valence-electron chi connectivity index (χ4n) is 1.68. The van der Waals surface area contributed by atoms with Crippen LogP contribution in [0.15, 0.2) is 53.4 Å². The Morgan fingerprint density at radius 2 is 1.60 bits per heavy atom. The van der Waals surface area contributed by atoms with Gasteiger partial charge in [0, 0.05) is 11.0 Å². The molecule has 0 aliphatic heterocycles. The van der Waals surface area contributed by atoms with Crippen LogP contribution in [0.25, 0.3) is 0 Å². The molecule has 2 aromatic rings. The molecular weight excluding hydrogens is 345 g/mol. The molecule has 0 unspecified atom stereocenters. The van der Waals surface area contributed by atoms with E-state index in [0.29, 0.717) is 5.69 Å². The normalized spacial score (nSPS) is 11.3. The minimum atomic E-state index is -3.68. The number of anilines is 1. The largest absolute Gasteiger partial charge is 0.280 e. The van der Waals surface area contributed by atoms with Gasteiger partial charge in [-0.3, -0.25) is 4.72 Å². The lowest BCUT2D eigenvalue weighted by atomic mass is 10.2. The highest BCUT2D eigenvalue weighted by Gasteiger charge is 2.13. The van der Waals surface area contributed by atoms with E-state index >= 15 is 0 Å². The zero-order chi connectivity index (χ0) is 14.6. The van der Waals surface area contributed by atoms with Crippen LogP contribution < -0.4 is 4.72 Å². The van der Waals surface area contributed by atoms with Crippen LogP contribution in [0, 0.1) is 5.82 Å². The van der Waals surface area contributed by atoms with Crippen molar-refractivity contribution in [3.8, 4) is 0 Å².